The summed E-state index contributed by atoms with van der Waals surface area (Å²) in [4.78, 5) is 14.8. The minimum Gasteiger partial charge on any atom is -0.371 e. The number of hydrogen-bond acceptors (Lipinski definition) is 4. The molecular formula is C18H19N5O. The van der Waals surface area contributed by atoms with E-state index >= 15 is 0 Å². The van der Waals surface area contributed by atoms with Gasteiger partial charge in [-0.05, 0) is 48.7 Å². The lowest BCUT2D eigenvalue weighted by Crippen LogP contribution is -2.19. The van der Waals surface area contributed by atoms with Crippen LogP contribution in [0.3, 0.4) is 0 Å². The highest BCUT2D eigenvalue weighted by Gasteiger charge is 2.18. The third kappa shape index (κ3) is 2.82. The molecule has 0 radical (unpaired) electrons. The van der Waals surface area contributed by atoms with Gasteiger partial charge in [-0.1, -0.05) is 6.92 Å². The summed E-state index contributed by atoms with van der Waals surface area (Å²) in [6.45, 7) is 4.48. The molecule has 0 aliphatic carbocycles. The fraction of sp³-hybridized carbons (Fsp3) is 0.278. The SMILES string of the molecule is CC1CCN(c2ccc(NC(=O)c3ccc4nncn4c3)cc2)C1. The van der Waals surface area contributed by atoms with Gasteiger partial charge in [-0.3, -0.25) is 9.20 Å². The Morgan fingerprint density at radius 3 is 2.79 bits per heavy atom. The van der Waals surface area contributed by atoms with E-state index in [0.29, 0.717) is 5.56 Å². The van der Waals surface area contributed by atoms with Crippen LogP contribution >= 0.6 is 0 Å². The molecule has 1 amide bonds. The van der Waals surface area contributed by atoms with E-state index in [-0.39, 0.29) is 5.91 Å². The zero-order valence-corrected chi connectivity index (χ0v) is 13.5. The predicted octanol–water partition coefficient (Wildman–Crippen LogP) is 2.83. The Morgan fingerprint density at radius 1 is 1.21 bits per heavy atom. The third-order valence-electron chi connectivity index (χ3n) is 4.47. The third-order valence-corrected chi connectivity index (χ3v) is 4.47. The molecule has 1 saturated heterocycles. The molecule has 3 aromatic rings. The first-order chi connectivity index (χ1) is 11.7. The molecule has 2 aromatic heterocycles. The summed E-state index contributed by atoms with van der Waals surface area (Å²) in [7, 11) is 0. The van der Waals surface area contributed by atoms with E-state index in [4.69, 9.17) is 0 Å². The van der Waals surface area contributed by atoms with E-state index in [2.05, 4.69) is 39.5 Å². The van der Waals surface area contributed by atoms with Crippen LogP contribution in [0.15, 0.2) is 48.9 Å². The topological polar surface area (TPSA) is 62.5 Å². The Labute approximate surface area is 140 Å². The first kappa shape index (κ1) is 14.7. The average Bonchev–Trinajstić information content (AvgIpc) is 3.23. The second kappa shape index (κ2) is 5.96. The van der Waals surface area contributed by atoms with Crippen molar-refractivity contribution in [1.29, 1.82) is 0 Å². The molecule has 3 heterocycles. The number of aromatic nitrogens is 3. The number of benzene rings is 1. The van der Waals surface area contributed by atoms with Crippen molar-refractivity contribution in [1.82, 2.24) is 14.6 Å². The highest BCUT2D eigenvalue weighted by Crippen LogP contribution is 2.24. The average molecular weight is 321 g/mol. The van der Waals surface area contributed by atoms with Crippen molar-refractivity contribution in [3.05, 3.63) is 54.5 Å². The van der Waals surface area contributed by atoms with Crippen molar-refractivity contribution in [2.45, 2.75) is 13.3 Å². The predicted molar refractivity (Wildman–Crippen MR) is 93.4 cm³/mol. The molecule has 1 aliphatic heterocycles. The van der Waals surface area contributed by atoms with Gasteiger partial charge in [-0.2, -0.15) is 0 Å². The van der Waals surface area contributed by atoms with Crippen molar-refractivity contribution in [2.75, 3.05) is 23.3 Å². The highest BCUT2D eigenvalue weighted by molar-refractivity contribution is 6.04. The van der Waals surface area contributed by atoms with Crippen LogP contribution in [0.4, 0.5) is 11.4 Å². The number of rotatable bonds is 3. The molecule has 122 valence electrons. The summed E-state index contributed by atoms with van der Waals surface area (Å²) in [6.07, 6.45) is 4.55. The number of anilines is 2. The molecule has 1 unspecified atom stereocenters. The van der Waals surface area contributed by atoms with Crippen LogP contribution in [-0.4, -0.2) is 33.6 Å². The van der Waals surface area contributed by atoms with Crippen LogP contribution < -0.4 is 10.2 Å². The Morgan fingerprint density at radius 2 is 2.04 bits per heavy atom. The van der Waals surface area contributed by atoms with E-state index in [9.17, 15) is 4.79 Å². The van der Waals surface area contributed by atoms with Gasteiger partial charge >= 0.3 is 0 Å². The Balaban J connectivity index is 1.47. The summed E-state index contributed by atoms with van der Waals surface area (Å²) in [6, 6.07) is 11.6. The maximum Gasteiger partial charge on any atom is 0.257 e. The van der Waals surface area contributed by atoms with Crippen LogP contribution in [0, 0.1) is 5.92 Å². The number of carbonyl (C=O) groups is 1. The van der Waals surface area contributed by atoms with Crippen LogP contribution in [0.1, 0.15) is 23.7 Å². The standard InChI is InChI=1S/C18H19N5O/c1-13-8-9-22(10-13)16-5-3-15(4-6-16)20-18(24)14-2-7-17-21-19-12-23(17)11-14/h2-7,11-13H,8-10H2,1H3,(H,20,24). The number of carbonyl (C=O) groups excluding carboxylic acids is 1. The minimum atomic E-state index is -0.145. The molecule has 1 aromatic carbocycles. The molecule has 24 heavy (non-hydrogen) atoms. The van der Waals surface area contributed by atoms with E-state index < -0.39 is 0 Å². The first-order valence-electron chi connectivity index (χ1n) is 8.15. The van der Waals surface area contributed by atoms with Crippen LogP contribution in [0.2, 0.25) is 0 Å². The normalized spacial score (nSPS) is 17.4. The number of nitrogens with one attached hydrogen (secondary N) is 1. The van der Waals surface area contributed by atoms with Crippen molar-refractivity contribution in [3.63, 3.8) is 0 Å². The zero-order chi connectivity index (χ0) is 16.5. The number of fused-ring (bicyclic) bond motifs is 1. The molecule has 4 rings (SSSR count). The molecule has 0 saturated carbocycles. The van der Waals surface area contributed by atoms with Gasteiger partial charge < -0.3 is 10.2 Å². The molecule has 1 atom stereocenters. The Hall–Kier alpha value is -2.89. The molecule has 0 spiro atoms. The lowest BCUT2D eigenvalue weighted by atomic mass is 10.2. The molecule has 1 fully saturated rings. The van der Waals surface area contributed by atoms with Crippen molar-refractivity contribution >= 4 is 22.9 Å². The zero-order valence-electron chi connectivity index (χ0n) is 13.5. The quantitative estimate of drug-likeness (QED) is 0.806. The number of amides is 1. The summed E-state index contributed by atoms with van der Waals surface area (Å²) >= 11 is 0. The number of hydrogen-bond donors (Lipinski definition) is 1. The smallest absolute Gasteiger partial charge is 0.257 e. The lowest BCUT2D eigenvalue weighted by molar-refractivity contribution is 0.102. The maximum atomic E-state index is 12.4. The summed E-state index contributed by atoms with van der Waals surface area (Å²) in [5, 5.41) is 10.7. The largest absolute Gasteiger partial charge is 0.371 e. The van der Waals surface area contributed by atoms with Crippen molar-refractivity contribution in [2.24, 2.45) is 5.92 Å². The molecule has 1 N–H and O–H groups in total. The van der Waals surface area contributed by atoms with Crippen LogP contribution in [0.5, 0.6) is 0 Å². The summed E-state index contributed by atoms with van der Waals surface area (Å²) < 4.78 is 1.73. The molecule has 0 bridgehead atoms. The van der Waals surface area contributed by atoms with Gasteiger partial charge in [0.05, 0.1) is 5.56 Å². The Kier molecular flexibility index (Phi) is 3.65. The first-order valence-corrected chi connectivity index (χ1v) is 8.15. The summed E-state index contributed by atoms with van der Waals surface area (Å²) in [5.41, 5.74) is 3.29. The van der Waals surface area contributed by atoms with Gasteiger partial charge in [0.1, 0.15) is 6.33 Å². The van der Waals surface area contributed by atoms with E-state index in [1.54, 1.807) is 29.1 Å². The van der Waals surface area contributed by atoms with Gasteiger partial charge in [-0.25, -0.2) is 0 Å². The lowest BCUT2D eigenvalue weighted by Gasteiger charge is -2.18. The second-order valence-electron chi connectivity index (χ2n) is 6.36. The summed E-state index contributed by atoms with van der Waals surface area (Å²) in [5.74, 6) is 0.602. The van der Waals surface area contributed by atoms with Gasteiger partial charge in [0, 0.05) is 30.7 Å². The van der Waals surface area contributed by atoms with Gasteiger partial charge in [-0.15, -0.1) is 10.2 Å². The van der Waals surface area contributed by atoms with Crippen molar-refractivity contribution in [3.8, 4) is 0 Å². The minimum absolute atomic E-state index is 0.145. The van der Waals surface area contributed by atoms with Crippen molar-refractivity contribution < 1.29 is 4.79 Å². The molecule has 6 heteroatoms. The number of nitrogens with zero attached hydrogens (tertiary/aromatic N) is 4. The number of pyridine rings is 1. The molecule has 6 nitrogen and oxygen atoms in total. The fourth-order valence-electron chi connectivity index (χ4n) is 3.09. The fourth-order valence-corrected chi connectivity index (χ4v) is 3.09. The van der Waals surface area contributed by atoms with E-state index in [1.165, 1.54) is 12.1 Å². The second-order valence-corrected chi connectivity index (χ2v) is 6.36. The molecule has 1 aliphatic rings. The van der Waals surface area contributed by atoms with E-state index in [0.717, 1.165) is 30.3 Å². The monoisotopic (exact) mass is 321 g/mol. The van der Waals surface area contributed by atoms with Crippen LogP contribution in [0.25, 0.3) is 5.65 Å². The molecular weight excluding hydrogens is 302 g/mol. The van der Waals surface area contributed by atoms with Gasteiger partial charge in [0.15, 0.2) is 5.65 Å². The maximum absolute atomic E-state index is 12.4. The van der Waals surface area contributed by atoms with Gasteiger partial charge in [0.2, 0.25) is 0 Å². The highest BCUT2D eigenvalue weighted by atomic mass is 16.1. The Bertz CT molecular complexity index is 871. The van der Waals surface area contributed by atoms with Gasteiger partial charge in [0.25, 0.3) is 5.91 Å². The van der Waals surface area contributed by atoms with Crippen LogP contribution in [-0.2, 0) is 0 Å². The van der Waals surface area contributed by atoms with E-state index in [1.807, 2.05) is 12.1 Å².